The molecule has 0 fully saturated rings. The quantitative estimate of drug-likeness (QED) is 0.475. The molecule has 3 aromatic rings. The highest BCUT2D eigenvalue weighted by atomic mass is 35.5. The predicted molar refractivity (Wildman–Crippen MR) is 130 cm³/mol. The van der Waals surface area contributed by atoms with Crippen LogP contribution in [0.3, 0.4) is 0 Å². The monoisotopic (exact) mass is 481 g/mol. The van der Waals surface area contributed by atoms with Crippen LogP contribution in [0, 0.1) is 11.3 Å². The Hall–Kier alpha value is -2.07. The van der Waals surface area contributed by atoms with Crippen molar-refractivity contribution < 1.29 is 9.84 Å². The topological polar surface area (TPSA) is 78.2 Å². The molecule has 0 amide bonds. The normalized spacial score (nSPS) is 11.7. The lowest BCUT2D eigenvalue weighted by molar-refractivity contribution is 0.0986. The van der Waals surface area contributed by atoms with Gasteiger partial charge in [-0.2, -0.15) is 5.26 Å². The molecule has 0 bridgehead atoms. The highest BCUT2D eigenvalue weighted by Gasteiger charge is 2.20. The molecule has 2 aromatic carbocycles. The SMILES string of the molecule is CC(C)(Cc1cc2ccccc2cn1)NCC(O)COc1cccc(Cl)c1C#N.Cl.Cl. The molecular weight excluding hydrogens is 457 g/mol. The van der Waals surface area contributed by atoms with Gasteiger partial charge in [-0.1, -0.05) is 41.9 Å². The van der Waals surface area contributed by atoms with Crippen molar-refractivity contribution in [1.29, 1.82) is 5.26 Å². The summed E-state index contributed by atoms with van der Waals surface area (Å²) in [4.78, 5) is 4.55. The number of aliphatic hydroxyl groups excluding tert-OH is 1. The summed E-state index contributed by atoms with van der Waals surface area (Å²) in [5.74, 6) is 0.374. The smallest absolute Gasteiger partial charge is 0.138 e. The van der Waals surface area contributed by atoms with Gasteiger partial charge in [0.2, 0.25) is 0 Å². The summed E-state index contributed by atoms with van der Waals surface area (Å²) in [6.45, 7) is 4.56. The first-order valence-electron chi connectivity index (χ1n) is 9.46. The van der Waals surface area contributed by atoms with E-state index in [4.69, 9.17) is 16.3 Å². The summed E-state index contributed by atoms with van der Waals surface area (Å²) in [5, 5.41) is 25.5. The average molecular weight is 483 g/mol. The van der Waals surface area contributed by atoms with Crippen LogP contribution in [0.2, 0.25) is 5.02 Å². The minimum atomic E-state index is -0.732. The standard InChI is InChI=1S/C23H24ClN3O2.2ClH/c1-23(2,11-18-10-16-6-3-4-7-17(16)13-26-18)27-14-19(28)15-29-22-9-5-8-21(24)20(22)12-25;;/h3-10,13,19,27-28H,11,14-15H2,1-2H3;2*1H. The average Bonchev–Trinajstić information content (AvgIpc) is 2.70. The molecule has 0 radical (unpaired) electrons. The number of β-amino-alcohol motifs (C(OH)–C–C–N with tert-alkyl or cyclic N) is 1. The number of aliphatic hydroxyl groups is 1. The molecule has 3 rings (SSSR count). The molecule has 0 aliphatic carbocycles. The second-order valence-corrected chi connectivity index (χ2v) is 8.06. The second kappa shape index (κ2) is 12.1. The van der Waals surface area contributed by atoms with Crippen molar-refractivity contribution in [3.63, 3.8) is 0 Å². The van der Waals surface area contributed by atoms with Crippen molar-refractivity contribution in [3.05, 3.63) is 71.0 Å². The van der Waals surface area contributed by atoms with Gasteiger partial charge in [0, 0.05) is 35.8 Å². The van der Waals surface area contributed by atoms with Crippen LogP contribution in [0.25, 0.3) is 10.8 Å². The molecule has 5 nitrogen and oxygen atoms in total. The Balaban J connectivity index is 0.00000240. The van der Waals surface area contributed by atoms with Crippen molar-refractivity contribution >= 4 is 47.2 Å². The maximum absolute atomic E-state index is 10.3. The molecule has 0 saturated heterocycles. The molecule has 0 saturated carbocycles. The molecule has 0 spiro atoms. The number of aromatic nitrogens is 1. The van der Waals surface area contributed by atoms with Gasteiger partial charge in [-0.05, 0) is 37.4 Å². The second-order valence-electron chi connectivity index (χ2n) is 7.65. The third-order valence-corrected chi connectivity index (χ3v) is 4.96. The predicted octanol–water partition coefficient (Wildman–Crippen LogP) is 4.95. The van der Waals surface area contributed by atoms with Gasteiger partial charge in [0.25, 0.3) is 0 Å². The molecule has 1 aromatic heterocycles. The largest absolute Gasteiger partial charge is 0.489 e. The summed E-state index contributed by atoms with van der Waals surface area (Å²) >= 11 is 6.00. The van der Waals surface area contributed by atoms with Crippen LogP contribution >= 0.6 is 36.4 Å². The van der Waals surface area contributed by atoms with Crippen molar-refractivity contribution in [2.24, 2.45) is 0 Å². The maximum atomic E-state index is 10.3. The van der Waals surface area contributed by atoms with Crippen LogP contribution < -0.4 is 10.1 Å². The minimum absolute atomic E-state index is 0. The van der Waals surface area contributed by atoms with Crippen molar-refractivity contribution in [1.82, 2.24) is 10.3 Å². The summed E-state index contributed by atoms with van der Waals surface area (Å²) in [6, 6.07) is 17.3. The first-order valence-corrected chi connectivity index (χ1v) is 9.84. The van der Waals surface area contributed by atoms with Crippen molar-refractivity contribution in [2.45, 2.75) is 31.9 Å². The van der Waals surface area contributed by atoms with Crippen molar-refractivity contribution in [3.8, 4) is 11.8 Å². The summed E-state index contributed by atoms with van der Waals surface area (Å²) in [7, 11) is 0. The molecule has 1 unspecified atom stereocenters. The molecule has 8 heteroatoms. The Morgan fingerprint density at radius 1 is 1.16 bits per heavy atom. The van der Waals surface area contributed by atoms with Gasteiger partial charge in [-0.15, -0.1) is 24.8 Å². The van der Waals surface area contributed by atoms with Crippen LogP contribution in [-0.4, -0.2) is 34.9 Å². The summed E-state index contributed by atoms with van der Waals surface area (Å²) in [6.07, 6.45) is 1.88. The fourth-order valence-corrected chi connectivity index (χ4v) is 3.32. The van der Waals surface area contributed by atoms with Gasteiger partial charge >= 0.3 is 0 Å². The van der Waals surface area contributed by atoms with E-state index in [2.05, 4.69) is 36.3 Å². The van der Waals surface area contributed by atoms with Gasteiger partial charge < -0.3 is 15.2 Å². The van der Waals surface area contributed by atoms with Gasteiger partial charge in [0.05, 0.1) is 5.02 Å². The van der Waals surface area contributed by atoms with E-state index in [1.165, 1.54) is 0 Å². The number of pyridine rings is 1. The first-order chi connectivity index (χ1) is 13.9. The molecule has 2 N–H and O–H groups in total. The van der Waals surface area contributed by atoms with Crippen LogP contribution in [0.5, 0.6) is 5.75 Å². The van der Waals surface area contributed by atoms with Crippen LogP contribution in [0.1, 0.15) is 25.1 Å². The van der Waals surface area contributed by atoms with Crippen LogP contribution in [-0.2, 0) is 6.42 Å². The lowest BCUT2D eigenvalue weighted by atomic mass is 9.97. The van der Waals surface area contributed by atoms with E-state index in [1.807, 2.05) is 30.5 Å². The lowest BCUT2D eigenvalue weighted by Gasteiger charge is -2.27. The summed E-state index contributed by atoms with van der Waals surface area (Å²) in [5.41, 5.74) is 1.01. The minimum Gasteiger partial charge on any atom is -0.489 e. The van der Waals surface area contributed by atoms with Crippen LogP contribution in [0.4, 0.5) is 0 Å². The number of rotatable bonds is 8. The number of ether oxygens (including phenoxy) is 1. The third-order valence-electron chi connectivity index (χ3n) is 4.65. The molecule has 0 aliphatic rings. The zero-order valence-corrected chi connectivity index (χ0v) is 19.7. The fourth-order valence-electron chi connectivity index (χ4n) is 3.11. The summed E-state index contributed by atoms with van der Waals surface area (Å²) < 4.78 is 5.59. The van der Waals surface area contributed by atoms with E-state index in [-0.39, 0.29) is 42.5 Å². The maximum Gasteiger partial charge on any atom is 0.138 e. The van der Waals surface area contributed by atoms with E-state index in [0.29, 0.717) is 17.3 Å². The number of nitrogens with one attached hydrogen (secondary N) is 1. The Labute approximate surface area is 200 Å². The van der Waals surface area contributed by atoms with Crippen molar-refractivity contribution in [2.75, 3.05) is 13.2 Å². The number of hydrogen-bond acceptors (Lipinski definition) is 5. The highest BCUT2D eigenvalue weighted by Crippen LogP contribution is 2.25. The molecule has 0 aliphatic heterocycles. The number of nitrogens with zero attached hydrogens (tertiary/aromatic N) is 2. The van der Waals surface area contributed by atoms with Gasteiger partial charge in [0.15, 0.2) is 0 Å². The molecular formula is C23H26Cl3N3O2. The number of nitriles is 1. The Kier molecular flexibility index (Phi) is 10.5. The Morgan fingerprint density at radius 2 is 1.87 bits per heavy atom. The van der Waals surface area contributed by atoms with Gasteiger partial charge in [-0.3, -0.25) is 4.98 Å². The number of halogens is 3. The van der Waals surface area contributed by atoms with E-state index < -0.39 is 6.10 Å². The fraction of sp³-hybridized carbons (Fsp3) is 0.304. The molecule has 166 valence electrons. The third kappa shape index (κ3) is 7.53. The zero-order valence-electron chi connectivity index (χ0n) is 17.3. The van der Waals surface area contributed by atoms with Gasteiger partial charge in [0.1, 0.15) is 30.1 Å². The zero-order chi connectivity index (χ0) is 20.9. The molecule has 1 atom stereocenters. The first kappa shape index (κ1) is 27.0. The number of benzene rings is 2. The molecule has 31 heavy (non-hydrogen) atoms. The van der Waals surface area contributed by atoms with Gasteiger partial charge in [-0.25, -0.2) is 0 Å². The lowest BCUT2D eigenvalue weighted by Crippen LogP contribution is -2.46. The number of fused-ring (bicyclic) bond motifs is 1. The van der Waals surface area contributed by atoms with E-state index in [1.54, 1.807) is 18.2 Å². The molecule has 1 heterocycles. The Morgan fingerprint density at radius 3 is 2.58 bits per heavy atom. The van der Waals surface area contributed by atoms with Crippen LogP contribution in [0.15, 0.2) is 54.7 Å². The van der Waals surface area contributed by atoms with E-state index >= 15 is 0 Å². The van der Waals surface area contributed by atoms with E-state index in [9.17, 15) is 10.4 Å². The number of hydrogen-bond donors (Lipinski definition) is 2. The highest BCUT2D eigenvalue weighted by molar-refractivity contribution is 6.31. The van der Waals surface area contributed by atoms with E-state index in [0.717, 1.165) is 22.9 Å². The Bertz CT molecular complexity index is 1040.